The van der Waals surface area contributed by atoms with Crippen LogP contribution in [-0.4, -0.2) is 18.1 Å². The van der Waals surface area contributed by atoms with Crippen LogP contribution < -0.4 is 11.1 Å². The minimum absolute atomic E-state index is 0.357. The molecular formula is C12H26N2. The normalized spacial score (nSPS) is 23.4. The average Bonchev–Trinajstić information content (AvgIpc) is 2.14. The van der Waals surface area contributed by atoms with Crippen LogP contribution in [0.1, 0.15) is 58.8 Å². The van der Waals surface area contributed by atoms with Gasteiger partial charge in [-0.2, -0.15) is 0 Å². The summed E-state index contributed by atoms with van der Waals surface area (Å²) < 4.78 is 0. The van der Waals surface area contributed by atoms with Crippen LogP contribution in [0, 0.1) is 0 Å². The van der Waals surface area contributed by atoms with Gasteiger partial charge in [0.15, 0.2) is 0 Å². The first-order valence-electron chi connectivity index (χ1n) is 6.13. The lowest BCUT2D eigenvalue weighted by Gasteiger charge is -2.35. The standard InChI is InChI=1S/C12H26N2/c1-11(13)7-6-10-14-12(2)8-4-3-5-9-12/h11,14H,3-10,13H2,1-2H3. The van der Waals surface area contributed by atoms with E-state index in [9.17, 15) is 0 Å². The molecule has 0 spiro atoms. The van der Waals surface area contributed by atoms with Gasteiger partial charge in [0.05, 0.1) is 0 Å². The molecular weight excluding hydrogens is 172 g/mol. The Morgan fingerprint density at radius 2 is 1.93 bits per heavy atom. The van der Waals surface area contributed by atoms with Crippen LogP contribution in [0.5, 0.6) is 0 Å². The first kappa shape index (κ1) is 12.0. The second kappa shape index (κ2) is 5.72. The molecule has 1 atom stereocenters. The summed E-state index contributed by atoms with van der Waals surface area (Å²) in [5, 5.41) is 3.70. The maximum Gasteiger partial charge on any atom is 0.0153 e. The molecule has 1 aliphatic rings. The molecule has 0 radical (unpaired) electrons. The second-order valence-corrected chi connectivity index (χ2v) is 5.17. The predicted molar refractivity (Wildman–Crippen MR) is 62.4 cm³/mol. The van der Waals surface area contributed by atoms with E-state index in [2.05, 4.69) is 19.2 Å². The van der Waals surface area contributed by atoms with Crippen molar-refractivity contribution < 1.29 is 0 Å². The zero-order valence-corrected chi connectivity index (χ0v) is 9.81. The van der Waals surface area contributed by atoms with Gasteiger partial charge in [0.25, 0.3) is 0 Å². The molecule has 2 heteroatoms. The number of nitrogens with one attached hydrogen (secondary N) is 1. The van der Waals surface area contributed by atoms with Crippen molar-refractivity contribution in [3.05, 3.63) is 0 Å². The highest BCUT2D eigenvalue weighted by Gasteiger charge is 2.25. The maximum absolute atomic E-state index is 5.72. The molecule has 0 amide bonds. The molecule has 84 valence electrons. The van der Waals surface area contributed by atoms with E-state index in [4.69, 9.17) is 5.73 Å². The van der Waals surface area contributed by atoms with Crippen molar-refractivity contribution in [2.75, 3.05) is 6.54 Å². The lowest BCUT2D eigenvalue weighted by Crippen LogP contribution is -2.44. The molecule has 1 rings (SSSR count). The molecule has 14 heavy (non-hydrogen) atoms. The van der Waals surface area contributed by atoms with Crippen molar-refractivity contribution >= 4 is 0 Å². The Morgan fingerprint density at radius 1 is 1.29 bits per heavy atom. The van der Waals surface area contributed by atoms with Crippen molar-refractivity contribution in [1.29, 1.82) is 0 Å². The van der Waals surface area contributed by atoms with E-state index in [0.29, 0.717) is 11.6 Å². The summed E-state index contributed by atoms with van der Waals surface area (Å²) in [7, 11) is 0. The minimum atomic E-state index is 0.357. The number of rotatable bonds is 5. The molecule has 0 bridgehead atoms. The van der Waals surface area contributed by atoms with Gasteiger partial charge in [-0.15, -0.1) is 0 Å². The molecule has 1 aliphatic carbocycles. The maximum atomic E-state index is 5.72. The molecule has 0 aromatic carbocycles. The van der Waals surface area contributed by atoms with Gasteiger partial charge in [0, 0.05) is 11.6 Å². The zero-order valence-electron chi connectivity index (χ0n) is 9.81. The highest BCUT2D eigenvalue weighted by atomic mass is 15.0. The van der Waals surface area contributed by atoms with Crippen molar-refractivity contribution in [3.8, 4) is 0 Å². The highest BCUT2D eigenvalue weighted by Crippen LogP contribution is 2.27. The smallest absolute Gasteiger partial charge is 0.0153 e. The van der Waals surface area contributed by atoms with E-state index in [1.165, 1.54) is 38.5 Å². The van der Waals surface area contributed by atoms with E-state index in [0.717, 1.165) is 13.0 Å². The SMILES string of the molecule is CC(N)CCCNC1(C)CCCCC1. The first-order chi connectivity index (χ1) is 6.62. The highest BCUT2D eigenvalue weighted by molar-refractivity contribution is 4.85. The van der Waals surface area contributed by atoms with Crippen LogP contribution in [0.3, 0.4) is 0 Å². The Balaban J connectivity index is 2.09. The van der Waals surface area contributed by atoms with Crippen molar-refractivity contribution in [2.24, 2.45) is 5.73 Å². The van der Waals surface area contributed by atoms with Gasteiger partial charge in [-0.05, 0) is 46.1 Å². The molecule has 3 N–H and O–H groups in total. The van der Waals surface area contributed by atoms with E-state index in [1.807, 2.05) is 0 Å². The van der Waals surface area contributed by atoms with Gasteiger partial charge >= 0.3 is 0 Å². The Kier molecular flexibility index (Phi) is 4.90. The molecule has 2 nitrogen and oxygen atoms in total. The fraction of sp³-hybridized carbons (Fsp3) is 1.00. The van der Waals surface area contributed by atoms with E-state index >= 15 is 0 Å². The fourth-order valence-electron chi connectivity index (χ4n) is 2.32. The molecule has 0 aromatic heterocycles. The summed E-state index contributed by atoms with van der Waals surface area (Å²) in [6.45, 7) is 5.60. The van der Waals surface area contributed by atoms with Gasteiger partial charge in [-0.25, -0.2) is 0 Å². The molecule has 0 aromatic rings. The molecule has 1 unspecified atom stereocenters. The number of nitrogens with two attached hydrogens (primary N) is 1. The minimum Gasteiger partial charge on any atom is -0.328 e. The largest absolute Gasteiger partial charge is 0.328 e. The fourth-order valence-corrected chi connectivity index (χ4v) is 2.32. The van der Waals surface area contributed by atoms with Crippen molar-refractivity contribution in [3.63, 3.8) is 0 Å². The molecule has 1 saturated carbocycles. The average molecular weight is 198 g/mol. The molecule has 0 heterocycles. The zero-order chi connectivity index (χ0) is 10.4. The van der Waals surface area contributed by atoms with Crippen LogP contribution in [0.25, 0.3) is 0 Å². The van der Waals surface area contributed by atoms with Gasteiger partial charge in [-0.1, -0.05) is 19.3 Å². The van der Waals surface area contributed by atoms with E-state index in [1.54, 1.807) is 0 Å². The Bertz CT molecular complexity index is 148. The van der Waals surface area contributed by atoms with Gasteiger partial charge in [0.2, 0.25) is 0 Å². The van der Waals surface area contributed by atoms with Crippen LogP contribution in [0.15, 0.2) is 0 Å². The Labute approximate surface area is 88.6 Å². The third kappa shape index (κ3) is 4.43. The third-order valence-corrected chi connectivity index (χ3v) is 3.35. The van der Waals surface area contributed by atoms with Crippen LogP contribution in [-0.2, 0) is 0 Å². The van der Waals surface area contributed by atoms with E-state index in [-0.39, 0.29) is 0 Å². The summed E-state index contributed by atoms with van der Waals surface area (Å²) in [6.07, 6.45) is 9.29. The topological polar surface area (TPSA) is 38.0 Å². The summed E-state index contributed by atoms with van der Waals surface area (Å²) in [6, 6.07) is 0.357. The van der Waals surface area contributed by atoms with Gasteiger partial charge in [-0.3, -0.25) is 0 Å². The summed E-state index contributed by atoms with van der Waals surface area (Å²) in [4.78, 5) is 0. The Hall–Kier alpha value is -0.0800. The number of hydrogen-bond acceptors (Lipinski definition) is 2. The lowest BCUT2D eigenvalue weighted by atomic mass is 9.83. The lowest BCUT2D eigenvalue weighted by molar-refractivity contribution is 0.253. The van der Waals surface area contributed by atoms with Crippen LogP contribution >= 0.6 is 0 Å². The molecule has 1 fully saturated rings. The summed E-state index contributed by atoms with van der Waals surface area (Å²) >= 11 is 0. The molecule has 0 saturated heterocycles. The van der Waals surface area contributed by atoms with E-state index < -0.39 is 0 Å². The van der Waals surface area contributed by atoms with Gasteiger partial charge < -0.3 is 11.1 Å². The predicted octanol–water partition coefficient (Wildman–Crippen LogP) is 2.43. The third-order valence-electron chi connectivity index (χ3n) is 3.35. The summed E-state index contributed by atoms with van der Waals surface area (Å²) in [5.41, 5.74) is 6.14. The second-order valence-electron chi connectivity index (χ2n) is 5.17. The van der Waals surface area contributed by atoms with Gasteiger partial charge in [0.1, 0.15) is 0 Å². The van der Waals surface area contributed by atoms with Crippen LogP contribution in [0.2, 0.25) is 0 Å². The molecule has 0 aliphatic heterocycles. The quantitative estimate of drug-likeness (QED) is 0.666. The first-order valence-corrected chi connectivity index (χ1v) is 6.13. The van der Waals surface area contributed by atoms with Crippen molar-refractivity contribution in [1.82, 2.24) is 5.32 Å². The van der Waals surface area contributed by atoms with Crippen molar-refractivity contribution in [2.45, 2.75) is 70.4 Å². The number of hydrogen-bond donors (Lipinski definition) is 2. The summed E-state index contributed by atoms with van der Waals surface area (Å²) in [5.74, 6) is 0. The monoisotopic (exact) mass is 198 g/mol. The van der Waals surface area contributed by atoms with Crippen LogP contribution in [0.4, 0.5) is 0 Å². The Morgan fingerprint density at radius 3 is 2.50 bits per heavy atom.